The fraction of sp³-hybridized carbons (Fsp3) is 0.610. The minimum absolute atomic E-state index is 0.0168. The highest BCUT2D eigenvalue weighted by Gasteiger charge is 2.58. The van der Waals surface area contributed by atoms with Gasteiger partial charge in [0.1, 0.15) is 23.4 Å². The normalized spacial score (nSPS) is 29.0. The van der Waals surface area contributed by atoms with Gasteiger partial charge >= 0.3 is 5.97 Å². The number of pyridine rings is 1. The molecule has 0 radical (unpaired) electrons. The van der Waals surface area contributed by atoms with Crippen LogP contribution in [0.5, 0.6) is 0 Å². The van der Waals surface area contributed by atoms with Gasteiger partial charge in [-0.25, -0.2) is 20.4 Å². The zero-order valence-electron chi connectivity index (χ0n) is 45.7. The van der Waals surface area contributed by atoms with Gasteiger partial charge in [-0.1, -0.05) is 26.8 Å². The number of hydrogen-bond acceptors (Lipinski definition) is 15. The second kappa shape index (κ2) is 20.2. The number of hydrogen-bond donors (Lipinski definition) is 2. The number of aromatic nitrogens is 5. The molecule has 1 spiro atoms. The standard InChI is InChI=1S/C59H76N12O5S/c1-35-48(44-16-21-60-34-62-44)49(35)54(72)64-51-53(68-31-59(32-68)19-9-22-69(59)39-17-24-66(5)25-18-39)55-63-46(30-77-55)37-12-15-47-42(26-37)43(27-58(3,4)33-76-57(74)45-11-8-23-70(65-45)56(51)73)52(41-10-7-20-61-50(41)36(2)75-6)71(47)40-28-67(29-40)38-13-14-38/h7,10,12,15-16,20-21,26,30,34-36,38-40,45,48-49,51,53,65H,8-9,11,13-14,17-19,22-25,27-29,31-33H2,1-6H3,(H,64,72)/t35-,36-,45-,48-,49+,51-,53-/m0/s1. The van der Waals surface area contributed by atoms with Crippen LogP contribution in [0.1, 0.15) is 125 Å². The van der Waals surface area contributed by atoms with Crippen molar-refractivity contribution >= 4 is 40.0 Å². The number of methoxy groups -OCH3 is 1. The van der Waals surface area contributed by atoms with Crippen LogP contribution in [-0.2, 0) is 30.3 Å². The molecule has 8 aliphatic rings. The molecule has 77 heavy (non-hydrogen) atoms. The number of nitrogens with one attached hydrogen (secondary N) is 2. The van der Waals surface area contributed by atoms with E-state index < -0.39 is 23.5 Å². The van der Waals surface area contributed by atoms with Gasteiger partial charge in [0, 0.05) is 120 Å². The number of thiazole rings is 1. The van der Waals surface area contributed by atoms with Crippen LogP contribution >= 0.6 is 11.3 Å². The lowest BCUT2D eigenvalue weighted by Crippen LogP contribution is -2.72. The van der Waals surface area contributed by atoms with Gasteiger partial charge in [0.05, 0.1) is 41.9 Å². The van der Waals surface area contributed by atoms with Gasteiger partial charge in [-0.3, -0.25) is 39.1 Å². The Morgan fingerprint density at radius 2 is 1.77 bits per heavy atom. The van der Waals surface area contributed by atoms with Gasteiger partial charge in [0.15, 0.2) is 0 Å². The number of nitrogens with zero attached hydrogens (tertiary/aromatic N) is 10. The molecule has 10 heterocycles. The van der Waals surface area contributed by atoms with Crippen molar-refractivity contribution in [1.82, 2.24) is 59.9 Å². The van der Waals surface area contributed by atoms with Gasteiger partial charge in [0.25, 0.3) is 5.91 Å². The lowest BCUT2D eigenvalue weighted by atomic mass is 9.82. The molecule has 6 aliphatic heterocycles. The van der Waals surface area contributed by atoms with Crippen LogP contribution in [0.3, 0.4) is 0 Å². The summed E-state index contributed by atoms with van der Waals surface area (Å²) in [6.07, 6.45) is 13.7. The van der Waals surface area contributed by atoms with E-state index in [2.05, 4.69) is 109 Å². The van der Waals surface area contributed by atoms with E-state index in [1.807, 2.05) is 18.3 Å². The summed E-state index contributed by atoms with van der Waals surface area (Å²) >= 11 is 1.57. The summed E-state index contributed by atoms with van der Waals surface area (Å²) in [5.74, 6) is -1.28. The minimum atomic E-state index is -1.01. The maximum absolute atomic E-state index is 15.7. The number of carbonyl (C=O) groups excluding carboxylic acids is 3. The molecule has 1 aromatic carbocycles. The second-order valence-corrected chi connectivity index (χ2v) is 25.7. The highest BCUT2D eigenvalue weighted by Crippen LogP contribution is 2.54. The van der Waals surface area contributed by atoms with E-state index in [4.69, 9.17) is 19.4 Å². The van der Waals surface area contributed by atoms with Gasteiger partial charge in [-0.2, -0.15) is 0 Å². The first-order chi connectivity index (χ1) is 37.3. The van der Waals surface area contributed by atoms with Crippen molar-refractivity contribution in [2.24, 2.45) is 17.3 Å². The van der Waals surface area contributed by atoms with Crippen LogP contribution in [0.25, 0.3) is 33.4 Å². The van der Waals surface area contributed by atoms with Crippen LogP contribution in [-0.4, -0.2) is 170 Å². The molecule has 7 atom stereocenters. The predicted molar refractivity (Wildman–Crippen MR) is 295 cm³/mol. The van der Waals surface area contributed by atoms with Crippen molar-refractivity contribution in [2.75, 3.05) is 73.1 Å². The van der Waals surface area contributed by atoms with Crippen molar-refractivity contribution in [2.45, 2.75) is 139 Å². The number of ether oxygens (including phenoxy) is 2. The Morgan fingerprint density at radius 1 is 0.948 bits per heavy atom. The number of fused-ring (bicyclic) bond motifs is 6. The molecule has 2 aliphatic carbocycles. The largest absolute Gasteiger partial charge is 0.464 e. The topological polar surface area (TPSA) is 166 Å². The van der Waals surface area contributed by atoms with E-state index in [-0.39, 0.29) is 59.8 Å². The molecule has 2 amide bonds. The molecule has 13 rings (SSSR count). The van der Waals surface area contributed by atoms with E-state index in [1.165, 1.54) is 24.7 Å². The molecule has 5 aromatic rings. The van der Waals surface area contributed by atoms with Crippen LogP contribution in [0.4, 0.5) is 0 Å². The van der Waals surface area contributed by atoms with Crippen LogP contribution in [0.15, 0.2) is 60.5 Å². The van der Waals surface area contributed by atoms with Crippen molar-refractivity contribution in [3.05, 3.63) is 82.5 Å². The number of hydrazine groups is 1. The lowest BCUT2D eigenvalue weighted by molar-refractivity contribution is -0.157. The molecular formula is C59H76N12O5S. The molecule has 2 saturated carbocycles. The Kier molecular flexibility index (Phi) is 13.4. The number of rotatable bonds is 10. The van der Waals surface area contributed by atoms with E-state index in [1.54, 1.807) is 29.7 Å². The van der Waals surface area contributed by atoms with E-state index >= 15 is 4.79 Å². The van der Waals surface area contributed by atoms with E-state index in [0.29, 0.717) is 37.9 Å². The Morgan fingerprint density at radius 3 is 2.53 bits per heavy atom. The Bertz CT molecular complexity index is 3030. The zero-order valence-corrected chi connectivity index (χ0v) is 46.5. The molecule has 5 saturated heterocycles. The minimum Gasteiger partial charge on any atom is -0.464 e. The maximum atomic E-state index is 15.7. The molecule has 2 N–H and O–H groups in total. The van der Waals surface area contributed by atoms with Gasteiger partial charge < -0.3 is 24.3 Å². The number of likely N-dealkylation sites (tertiary alicyclic amines) is 4. The monoisotopic (exact) mass is 1060 g/mol. The molecule has 0 unspecified atom stereocenters. The Labute approximate surface area is 456 Å². The zero-order chi connectivity index (χ0) is 52.9. The van der Waals surface area contributed by atoms with Crippen LogP contribution in [0, 0.1) is 17.3 Å². The van der Waals surface area contributed by atoms with Crippen molar-refractivity contribution in [3.63, 3.8) is 0 Å². The highest BCUT2D eigenvalue weighted by molar-refractivity contribution is 7.10. The summed E-state index contributed by atoms with van der Waals surface area (Å²) in [5.41, 5.74) is 10.9. The van der Waals surface area contributed by atoms with Crippen LogP contribution < -0.4 is 10.7 Å². The van der Waals surface area contributed by atoms with Gasteiger partial charge in [-0.15, -0.1) is 11.3 Å². The number of cyclic esters (lactones) is 1. The fourth-order valence-corrected chi connectivity index (χ4v) is 15.5. The summed E-state index contributed by atoms with van der Waals surface area (Å²) in [4.78, 5) is 74.7. The molecule has 17 nitrogen and oxygen atoms in total. The molecule has 6 bridgehead atoms. The summed E-state index contributed by atoms with van der Waals surface area (Å²) in [6, 6.07) is 12.0. The Balaban J connectivity index is 0.942. The Hall–Kier alpha value is -5.21. The van der Waals surface area contributed by atoms with Crippen LogP contribution in [0.2, 0.25) is 0 Å². The SMILES string of the molecule is CO[C@@H](C)c1ncccc1-c1c2c3cc(ccc3n1C1CN(C3CC3)C1)-c1csc(n1)[C@@H](N1CC3(CCCN3C3CCN(C)CC3)C1)[C@H](NC(=O)[C@@H]1[C@@H](C)[C@H]1c1ccncn1)C(=O)N1CCC[C@H](N1)C(=O)OCC(C)(C)C2. The third kappa shape index (κ3) is 9.40. The summed E-state index contributed by atoms with van der Waals surface area (Å²) in [5, 5.41) is 9.07. The number of carbonyl (C=O) groups is 3. The average Bonchev–Trinajstić information content (AvgIpc) is 4.38. The average molecular weight is 1070 g/mol. The predicted octanol–water partition coefficient (Wildman–Crippen LogP) is 6.78. The molecule has 7 fully saturated rings. The first-order valence-electron chi connectivity index (χ1n) is 28.6. The van der Waals surface area contributed by atoms with Gasteiger partial charge in [0.2, 0.25) is 5.91 Å². The number of esters is 1. The number of amides is 2. The van der Waals surface area contributed by atoms with E-state index in [0.717, 1.165) is 121 Å². The van der Waals surface area contributed by atoms with Crippen molar-refractivity contribution in [1.29, 1.82) is 0 Å². The summed E-state index contributed by atoms with van der Waals surface area (Å²) in [6.45, 7) is 15.8. The molecule has 4 aromatic heterocycles. The van der Waals surface area contributed by atoms with Gasteiger partial charge in [-0.05, 0) is 133 Å². The second-order valence-electron chi connectivity index (χ2n) is 24.9. The molecular weight excluding hydrogens is 989 g/mol. The first kappa shape index (κ1) is 51.2. The highest BCUT2D eigenvalue weighted by atomic mass is 32.1. The molecule has 408 valence electrons. The quantitative estimate of drug-likeness (QED) is 0.141. The number of benzene rings is 1. The number of piperidine rings is 1. The first-order valence-corrected chi connectivity index (χ1v) is 29.5. The van der Waals surface area contributed by atoms with Crippen molar-refractivity contribution in [3.8, 4) is 22.5 Å². The third-order valence-corrected chi connectivity index (χ3v) is 19.9. The maximum Gasteiger partial charge on any atom is 0.324 e. The smallest absolute Gasteiger partial charge is 0.324 e. The van der Waals surface area contributed by atoms with E-state index in [9.17, 15) is 9.59 Å². The summed E-state index contributed by atoms with van der Waals surface area (Å²) in [7, 11) is 3.96. The molecule has 18 heteroatoms. The fourth-order valence-electron chi connectivity index (χ4n) is 14.5. The summed E-state index contributed by atoms with van der Waals surface area (Å²) < 4.78 is 15.0. The van der Waals surface area contributed by atoms with Crippen molar-refractivity contribution < 1.29 is 23.9 Å². The lowest BCUT2D eigenvalue weighted by Gasteiger charge is -2.58. The third-order valence-electron chi connectivity index (χ3n) is 19.0.